The van der Waals surface area contributed by atoms with Crippen LogP contribution in [0.1, 0.15) is 290 Å². The van der Waals surface area contributed by atoms with E-state index >= 15 is 0 Å². The Hall–Kier alpha value is -2.55. The minimum Gasteiger partial charge on any atom is -0.456 e. The van der Waals surface area contributed by atoms with Crippen molar-refractivity contribution in [1.29, 1.82) is 0 Å². The smallest absolute Gasteiger partial charge is 0.456 e. The standard InChI is InChI=1S/C67H123N2O7P/c1-7-10-13-16-19-22-25-27-29-30-31-32-33-34-35-36-37-38-40-42-45-48-51-54-57-60-67(71)76-65(58-55-52-49-46-43-24-21-18-15-12-9-3)64(63-75-77(72,73)74-62-61-69(4,5)6)68-66(70)59-56-53-50-47-44-41-39-28-26-23-20-17-14-11-8-2/h10,13,19,22,27,29,31-32,34-35,55,58,64-65H,7-9,11-12,14-18,20-21,23-26,28,30,33,36-54,56-57,59-63H2,1-6H3,(H-,68,70,72,73)/p+1/b13-10-,22-19-,29-27-,32-31-,35-34-,58-55+. The number of phosphoric acid groups is 1. The van der Waals surface area contributed by atoms with Crippen molar-refractivity contribution in [1.82, 2.24) is 5.32 Å². The van der Waals surface area contributed by atoms with Gasteiger partial charge in [-0.2, -0.15) is 0 Å². The average Bonchev–Trinajstić information content (AvgIpc) is 3.39. The summed E-state index contributed by atoms with van der Waals surface area (Å²) in [6, 6.07) is -0.850. The first kappa shape index (κ1) is 74.5. The zero-order valence-corrected chi connectivity index (χ0v) is 52.1. The highest BCUT2D eigenvalue weighted by atomic mass is 31.2. The molecule has 0 radical (unpaired) electrons. The zero-order valence-electron chi connectivity index (χ0n) is 51.2. The van der Waals surface area contributed by atoms with Crippen LogP contribution in [-0.2, 0) is 27.9 Å². The van der Waals surface area contributed by atoms with Gasteiger partial charge in [0, 0.05) is 12.8 Å². The summed E-state index contributed by atoms with van der Waals surface area (Å²) < 4.78 is 30.7. The Kier molecular flexibility index (Phi) is 54.8. The minimum atomic E-state index is -4.45. The molecule has 2 N–H and O–H groups in total. The number of carbonyl (C=O) groups excluding carboxylic acids is 2. The quantitative estimate of drug-likeness (QED) is 0.0205. The summed E-state index contributed by atoms with van der Waals surface area (Å²) >= 11 is 0. The van der Waals surface area contributed by atoms with E-state index in [1.807, 2.05) is 33.3 Å². The molecule has 0 aromatic carbocycles. The van der Waals surface area contributed by atoms with Gasteiger partial charge in [-0.3, -0.25) is 18.6 Å². The van der Waals surface area contributed by atoms with Crippen molar-refractivity contribution in [2.24, 2.45) is 0 Å². The summed E-state index contributed by atoms with van der Waals surface area (Å²) in [4.78, 5) is 37.7. The lowest BCUT2D eigenvalue weighted by Gasteiger charge is -2.27. The molecule has 3 atom stereocenters. The number of amides is 1. The van der Waals surface area contributed by atoms with Gasteiger partial charge in [0.15, 0.2) is 0 Å². The number of nitrogens with zero attached hydrogens (tertiary/aromatic N) is 1. The molecule has 0 aromatic heterocycles. The van der Waals surface area contributed by atoms with Crippen LogP contribution in [0.5, 0.6) is 0 Å². The van der Waals surface area contributed by atoms with Crippen LogP contribution < -0.4 is 5.32 Å². The summed E-state index contributed by atoms with van der Waals surface area (Å²) in [6.07, 6.45) is 73.3. The third-order valence-electron chi connectivity index (χ3n) is 14.2. The van der Waals surface area contributed by atoms with E-state index in [9.17, 15) is 19.0 Å². The number of hydrogen-bond acceptors (Lipinski definition) is 6. The van der Waals surface area contributed by atoms with Crippen molar-refractivity contribution in [3.05, 3.63) is 72.9 Å². The van der Waals surface area contributed by atoms with E-state index in [0.29, 0.717) is 17.4 Å². The van der Waals surface area contributed by atoms with Gasteiger partial charge in [-0.15, -0.1) is 0 Å². The highest BCUT2D eigenvalue weighted by molar-refractivity contribution is 7.47. The second-order valence-corrected chi connectivity index (χ2v) is 24.4. The van der Waals surface area contributed by atoms with Crippen molar-refractivity contribution in [3.8, 4) is 0 Å². The molecule has 0 bridgehead atoms. The van der Waals surface area contributed by atoms with Gasteiger partial charge in [0.25, 0.3) is 0 Å². The Labute approximate surface area is 476 Å². The molecule has 0 spiro atoms. The van der Waals surface area contributed by atoms with E-state index < -0.39 is 20.0 Å². The Morgan fingerprint density at radius 3 is 1.25 bits per heavy atom. The molecule has 77 heavy (non-hydrogen) atoms. The fourth-order valence-electron chi connectivity index (χ4n) is 9.20. The van der Waals surface area contributed by atoms with Crippen LogP contribution in [0.2, 0.25) is 0 Å². The van der Waals surface area contributed by atoms with Gasteiger partial charge in [0.2, 0.25) is 5.91 Å². The van der Waals surface area contributed by atoms with E-state index in [1.54, 1.807) is 0 Å². The monoisotopic (exact) mass is 1100 g/mol. The Balaban J connectivity index is 5.11. The number of quaternary nitrogens is 1. The average molecular weight is 1100 g/mol. The second-order valence-electron chi connectivity index (χ2n) is 22.9. The van der Waals surface area contributed by atoms with Crippen molar-refractivity contribution < 1.29 is 37.3 Å². The van der Waals surface area contributed by atoms with E-state index in [4.69, 9.17) is 13.8 Å². The fourth-order valence-corrected chi connectivity index (χ4v) is 9.94. The molecule has 0 aliphatic carbocycles. The topological polar surface area (TPSA) is 111 Å². The van der Waals surface area contributed by atoms with Crippen molar-refractivity contribution >= 4 is 19.7 Å². The zero-order chi connectivity index (χ0) is 56.4. The predicted octanol–water partition coefficient (Wildman–Crippen LogP) is 20.0. The highest BCUT2D eigenvalue weighted by Crippen LogP contribution is 2.43. The number of carbonyl (C=O) groups is 2. The third kappa shape index (κ3) is 57.9. The number of phosphoric ester groups is 1. The van der Waals surface area contributed by atoms with Crippen molar-refractivity contribution in [2.45, 2.75) is 303 Å². The van der Waals surface area contributed by atoms with Crippen LogP contribution in [-0.4, -0.2) is 74.3 Å². The third-order valence-corrected chi connectivity index (χ3v) is 15.1. The normalized spacial score (nSPS) is 14.1. The molecule has 0 rings (SSSR count). The number of nitrogens with one attached hydrogen (secondary N) is 1. The summed E-state index contributed by atoms with van der Waals surface area (Å²) in [5.74, 6) is -0.506. The number of unbranched alkanes of at least 4 members (excludes halogenated alkanes) is 32. The second kappa shape index (κ2) is 56.7. The molecular formula is C67H124N2O7P+. The first-order valence-corrected chi connectivity index (χ1v) is 33.8. The SMILES string of the molecule is CC/C=C\C/C=C\C/C=C\C/C=C\C/C=C\CCCCCCCCCCCC(=O)OC(/C=C/CCCCCCCCCCC)C(COP(=O)(O)OCC[N+](C)(C)C)NC(=O)CCCCCCCCCCCCCCCCC. The molecule has 448 valence electrons. The molecule has 9 nitrogen and oxygen atoms in total. The van der Waals surface area contributed by atoms with Gasteiger partial charge in [0.05, 0.1) is 33.8 Å². The molecule has 0 aliphatic rings. The lowest BCUT2D eigenvalue weighted by molar-refractivity contribution is -0.870. The van der Waals surface area contributed by atoms with Crippen LogP contribution in [0.3, 0.4) is 0 Å². The van der Waals surface area contributed by atoms with Gasteiger partial charge in [-0.05, 0) is 76.7 Å². The summed E-state index contributed by atoms with van der Waals surface area (Å²) in [5.41, 5.74) is 0. The number of esters is 1. The molecule has 0 aliphatic heterocycles. The molecule has 1 amide bonds. The van der Waals surface area contributed by atoms with Crippen LogP contribution >= 0.6 is 7.82 Å². The lowest BCUT2D eigenvalue weighted by Crippen LogP contribution is -2.47. The lowest BCUT2D eigenvalue weighted by atomic mass is 10.0. The Morgan fingerprint density at radius 1 is 0.468 bits per heavy atom. The largest absolute Gasteiger partial charge is 0.472 e. The maximum absolute atomic E-state index is 13.5. The first-order valence-electron chi connectivity index (χ1n) is 32.3. The predicted molar refractivity (Wildman–Crippen MR) is 332 cm³/mol. The summed E-state index contributed by atoms with van der Waals surface area (Å²) in [5, 5.41) is 3.06. The molecule has 3 unspecified atom stereocenters. The van der Waals surface area contributed by atoms with E-state index in [-0.39, 0.29) is 31.5 Å². The first-order chi connectivity index (χ1) is 37.4. The molecule has 0 saturated heterocycles. The number of rotatable bonds is 58. The number of hydrogen-bond donors (Lipinski definition) is 2. The number of ether oxygens (including phenoxy) is 1. The Bertz CT molecular complexity index is 1550. The van der Waals surface area contributed by atoms with E-state index in [1.165, 1.54) is 154 Å². The van der Waals surface area contributed by atoms with E-state index in [2.05, 4.69) is 86.8 Å². The summed E-state index contributed by atoms with van der Waals surface area (Å²) in [6.45, 7) is 6.91. The van der Waals surface area contributed by atoms with Crippen molar-refractivity contribution in [2.75, 3.05) is 40.9 Å². The maximum Gasteiger partial charge on any atom is 0.472 e. The van der Waals surface area contributed by atoms with Gasteiger partial charge in [-0.25, -0.2) is 4.57 Å². The van der Waals surface area contributed by atoms with Crippen LogP contribution in [0.15, 0.2) is 72.9 Å². The van der Waals surface area contributed by atoms with Gasteiger partial charge in [0.1, 0.15) is 19.3 Å². The highest BCUT2D eigenvalue weighted by Gasteiger charge is 2.30. The van der Waals surface area contributed by atoms with Gasteiger partial charge < -0.3 is 19.4 Å². The fraction of sp³-hybridized carbons (Fsp3) is 0.791. The molecule has 10 heteroatoms. The molecule has 0 fully saturated rings. The van der Waals surface area contributed by atoms with Gasteiger partial charge in [-0.1, -0.05) is 274 Å². The van der Waals surface area contributed by atoms with Crippen molar-refractivity contribution in [3.63, 3.8) is 0 Å². The number of likely N-dealkylation sites (N-methyl/N-ethyl adjacent to an activating group) is 1. The molecular weight excluding hydrogens is 976 g/mol. The maximum atomic E-state index is 13.5. The Morgan fingerprint density at radius 2 is 0.831 bits per heavy atom. The van der Waals surface area contributed by atoms with Gasteiger partial charge >= 0.3 is 13.8 Å². The van der Waals surface area contributed by atoms with E-state index in [0.717, 1.165) is 103 Å². The van der Waals surface area contributed by atoms with Crippen LogP contribution in [0.25, 0.3) is 0 Å². The van der Waals surface area contributed by atoms with Crippen LogP contribution in [0.4, 0.5) is 0 Å². The van der Waals surface area contributed by atoms with Crippen LogP contribution in [0, 0.1) is 0 Å². The molecule has 0 aromatic rings. The minimum absolute atomic E-state index is 0.0387. The molecule has 0 heterocycles. The molecule has 0 saturated carbocycles. The number of allylic oxidation sites excluding steroid dienone is 11. The summed E-state index contributed by atoms with van der Waals surface area (Å²) in [7, 11) is 1.49.